The van der Waals surface area contributed by atoms with Gasteiger partial charge in [0.25, 0.3) is 0 Å². The molecule has 0 radical (unpaired) electrons. The van der Waals surface area contributed by atoms with Gasteiger partial charge < -0.3 is 28.4 Å². The van der Waals surface area contributed by atoms with Crippen LogP contribution in [0.1, 0.15) is 20.8 Å². The van der Waals surface area contributed by atoms with Crippen LogP contribution < -0.4 is 0 Å². The van der Waals surface area contributed by atoms with Gasteiger partial charge >= 0.3 is 5.97 Å². The van der Waals surface area contributed by atoms with Gasteiger partial charge in [0, 0.05) is 5.88 Å². The molecular weight excluding hydrogens is 340 g/mol. The molecule has 0 fully saturated rings. The molecule has 144 valence electrons. The van der Waals surface area contributed by atoms with Crippen LogP contribution in [0.15, 0.2) is 0 Å². The van der Waals surface area contributed by atoms with Gasteiger partial charge in [0.15, 0.2) is 0 Å². The topological polar surface area (TPSA) is 72.5 Å². The fourth-order valence-electron chi connectivity index (χ4n) is 1.46. The smallest absolute Gasteiger partial charge is 0.332 e. The van der Waals surface area contributed by atoms with Crippen molar-refractivity contribution in [2.45, 2.75) is 26.4 Å². The molecule has 0 aliphatic heterocycles. The van der Waals surface area contributed by atoms with Gasteiger partial charge in [-0.1, -0.05) is 0 Å². The molecule has 0 atom stereocenters. The largest absolute Gasteiger partial charge is 0.458 e. The van der Waals surface area contributed by atoms with E-state index in [1.807, 2.05) is 20.8 Å². The Morgan fingerprint density at radius 1 is 0.708 bits per heavy atom. The molecule has 0 saturated carbocycles. The first-order valence-electron chi connectivity index (χ1n) is 8.12. The number of esters is 1. The molecule has 0 bridgehead atoms. The van der Waals surface area contributed by atoms with Gasteiger partial charge in [0.2, 0.25) is 0 Å². The highest BCUT2D eigenvalue weighted by Gasteiger charge is 2.15. The van der Waals surface area contributed by atoms with Crippen LogP contribution in [0.5, 0.6) is 0 Å². The molecule has 0 aliphatic carbocycles. The Hall–Kier alpha value is -0.440. The van der Waals surface area contributed by atoms with Gasteiger partial charge in [-0.15, -0.1) is 11.6 Å². The fourth-order valence-corrected chi connectivity index (χ4v) is 1.57. The Balaban J connectivity index is 3.14. The zero-order valence-electron chi connectivity index (χ0n) is 15.0. The minimum Gasteiger partial charge on any atom is -0.458 e. The van der Waals surface area contributed by atoms with E-state index in [-0.39, 0.29) is 12.6 Å². The van der Waals surface area contributed by atoms with Crippen molar-refractivity contribution >= 4 is 17.6 Å². The van der Waals surface area contributed by atoms with Crippen LogP contribution in [0, 0.1) is 0 Å². The van der Waals surface area contributed by atoms with E-state index in [0.29, 0.717) is 65.3 Å². The van der Waals surface area contributed by atoms with Crippen molar-refractivity contribution in [3.05, 3.63) is 0 Å². The van der Waals surface area contributed by atoms with E-state index in [1.54, 1.807) is 0 Å². The summed E-state index contributed by atoms with van der Waals surface area (Å²) in [6.45, 7) is 9.71. The first-order chi connectivity index (χ1) is 11.5. The summed E-state index contributed by atoms with van der Waals surface area (Å²) in [5.41, 5.74) is -0.491. The maximum Gasteiger partial charge on any atom is 0.332 e. The lowest BCUT2D eigenvalue weighted by Crippen LogP contribution is -2.27. The monoisotopic (exact) mass is 370 g/mol. The lowest BCUT2D eigenvalue weighted by Gasteiger charge is -2.19. The Bertz CT molecular complexity index is 295. The van der Waals surface area contributed by atoms with Crippen LogP contribution in [0.3, 0.4) is 0 Å². The van der Waals surface area contributed by atoms with E-state index in [0.717, 1.165) is 0 Å². The van der Waals surface area contributed by atoms with Gasteiger partial charge in [-0.2, -0.15) is 0 Å². The predicted molar refractivity (Wildman–Crippen MR) is 90.7 cm³/mol. The van der Waals surface area contributed by atoms with Crippen molar-refractivity contribution < 1.29 is 33.2 Å². The number of carbonyl (C=O) groups is 1. The number of alkyl halides is 1. The Morgan fingerprint density at radius 2 is 1.08 bits per heavy atom. The molecule has 0 unspecified atom stereocenters. The fraction of sp³-hybridized carbons (Fsp3) is 0.938. The number of halogens is 1. The highest BCUT2D eigenvalue weighted by molar-refractivity contribution is 6.17. The predicted octanol–water partition coefficient (Wildman–Crippen LogP) is 1.65. The highest BCUT2D eigenvalue weighted by Crippen LogP contribution is 2.06. The molecular formula is C16H31ClO7. The van der Waals surface area contributed by atoms with Crippen molar-refractivity contribution in [3.8, 4) is 0 Å². The maximum atomic E-state index is 11.4. The number of hydrogen-bond acceptors (Lipinski definition) is 7. The van der Waals surface area contributed by atoms with E-state index in [9.17, 15) is 4.79 Å². The van der Waals surface area contributed by atoms with Gasteiger partial charge in [0.1, 0.15) is 12.2 Å². The molecule has 8 heteroatoms. The highest BCUT2D eigenvalue weighted by atomic mass is 35.5. The van der Waals surface area contributed by atoms with E-state index >= 15 is 0 Å². The van der Waals surface area contributed by atoms with E-state index in [1.165, 1.54) is 0 Å². The molecule has 24 heavy (non-hydrogen) atoms. The number of ether oxygens (including phenoxy) is 6. The van der Waals surface area contributed by atoms with Crippen molar-refractivity contribution in [1.29, 1.82) is 0 Å². The van der Waals surface area contributed by atoms with Crippen molar-refractivity contribution in [2.75, 3.05) is 71.9 Å². The summed E-state index contributed by atoms with van der Waals surface area (Å²) in [7, 11) is 0. The van der Waals surface area contributed by atoms with Gasteiger partial charge in [-0.05, 0) is 20.8 Å². The van der Waals surface area contributed by atoms with Crippen molar-refractivity contribution in [3.63, 3.8) is 0 Å². The summed E-state index contributed by atoms with van der Waals surface area (Å²) in [6.07, 6.45) is 0. The number of hydrogen-bond donors (Lipinski definition) is 0. The molecule has 0 N–H and O–H groups in total. The molecule has 0 aromatic rings. The lowest BCUT2D eigenvalue weighted by molar-refractivity contribution is -0.160. The molecule has 0 amide bonds. The van der Waals surface area contributed by atoms with E-state index < -0.39 is 5.60 Å². The molecule has 7 nitrogen and oxygen atoms in total. The summed E-state index contributed by atoms with van der Waals surface area (Å²) in [5, 5.41) is 0. The van der Waals surface area contributed by atoms with Crippen LogP contribution in [0.2, 0.25) is 0 Å². The van der Waals surface area contributed by atoms with Crippen LogP contribution in [0.25, 0.3) is 0 Å². The molecule has 0 spiro atoms. The Morgan fingerprint density at radius 3 is 1.46 bits per heavy atom. The average Bonchev–Trinajstić information content (AvgIpc) is 2.49. The second-order valence-corrected chi connectivity index (χ2v) is 6.16. The summed E-state index contributed by atoms with van der Waals surface area (Å²) in [4.78, 5) is 11.4. The minimum atomic E-state index is -0.491. The second-order valence-electron chi connectivity index (χ2n) is 5.78. The van der Waals surface area contributed by atoms with Gasteiger partial charge in [-0.25, -0.2) is 4.79 Å². The number of carbonyl (C=O) groups excluding carboxylic acids is 1. The summed E-state index contributed by atoms with van der Waals surface area (Å²) in [6, 6.07) is 0. The summed E-state index contributed by atoms with van der Waals surface area (Å²) in [5.74, 6) is 0.119. The van der Waals surface area contributed by atoms with Gasteiger partial charge in [0.05, 0.1) is 59.5 Å². The Kier molecular flexibility index (Phi) is 15.8. The van der Waals surface area contributed by atoms with Crippen LogP contribution in [-0.4, -0.2) is 83.5 Å². The quantitative estimate of drug-likeness (QED) is 0.232. The molecule has 0 heterocycles. The molecule has 0 aromatic carbocycles. The summed E-state index contributed by atoms with van der Waals surface area (Å²) >= 11 is 5.46. The standard InChI is InChI=1S/C16H31ClO7/c1-16(2,3)24-15(18)14-23-13-12-22-11-10-21-9-8-20-7-6-19-5-4-17/h4-14H2,1-3H3. The Labute approximate surface area is 149 Å². The van der Waals surface area contributed by atoms with Gasteiger partial charge in [-0.3, -0.25) is 0 Å². The van der Waals surface area contributed by atoms with E-state index in [2.05, 4.69) is 0 Å². The lowest BCUT2D eigenvalue weighted by atomic mass is 10.2. The molecule has 0 aliphatic rings. The zero-order chi connectivity index (χ0) is 18.1. The first-order valence-corrected chi connectivity index (χ1v) is 8.65. The zero-order valence-corrected chi connectivity index (χ0v) is 15.8. The minimum absolute atomic E-state index is 0.0664. The first kappa shape index (κ1) is 23.6. The summed E-state index contributed by atoms with van der Waals surface area (Å²) < 4.78 is 31.4. The number of rotatable bonds is 16. The molecule has 0 saturated heterocycles. The molecule has 0 rings (SSSR count). The van der Waals surface area contributed by atoms with Crippen LogP contribution >= 0.6 is 11.6 Å². The normalized spacial score (nSPS) is 11.7. The SMILES string of the molecule is CC(C)(C)OC(=O)COCCOCCOCCOCCOCCCl. The third-order valence-electron chi connectivity index (χ3n) is 2.35. The van der Waals surface area contributed by atoms with E-state index in [4.69, 9.17) is 40.0 Å². The van der Waals surface area contributed by atoms with Crippen LogP contribution in [-0.2, 0) is 33.2 Å². The third-order valence-corrected chi connectivity index (χ3v) is 2.50. The second kappa shape index (κ2) is 16.1. The van der Waals surface area contributed by atoms with Crippen molar-refractivity contribution in [1.82, 2.24) is 0 Å². The molecule has 0 aromatic heterocycles. The third kappa shape index (κ3) is 19.6. The average molecular weight is 371 g/mol. The van der Waals surface area contributed by atoms with Crippen LogP contribution in [0.4, 0.5) is 0 Å². The van der Waals surface area contributed by atoms with Crippen molar-refractivity contribution in [2.24, 2.45) is 0 Å². The maximum absolute atomic E-state index is 11.4.